The van der Waals surface area contributed by atoms with E-state index in [1.54, 1.807) is 6.07 Å². The molecule has 1 saturated carbocycles. The molecule has 0 bridgehead atoms. The summed E-state index contributed by atoms with van der Waals surface area (Å²) in [5, 5.41) is 11.5. The number of carboxylic acids is 1. The van der Waals surface area contributed by atoms with E-state index in [1.165, 1.54) is 11.3 Å². The maximum Gasteiger partial charge on any atom is 0.307 e. The first-order valence-electron chi connectivity index (χ1n) is 5.27. The Kier molecular flexibility index (Phi) is 3.40. The van der Waals surface area contributed by atoms with Gasteiger partial charge in [-0.3, -0.25) is 9.59 Å². The van der Waals surface area contributed by atoms with Crippen molar-refractivity contribution < 1.29 is 14.7 Å². The highest BCUT2D eigenvalue weighted by molar-refractivity contribution is 7.16. The SMILES string of the molecule is CC(NC(=O)C1CC1C(=O)O)c1ccc(Cl)s1. The number of carboxylic acid groups (broad SMARTS) is 1. The summed E-state index contributed by atoms with van der Waals surface area (Å²) < 4.78 is 0.677. The summed E-state index contributed by atoms with van der Waals surface area (Å²) >= 11 is 7.22. The van der Waals surface area contributed by atoms with Gasteiger partial charge in [0.1, 0.15) is 0 Å². The smallest absolute Gasteiger partial charge is 0.307 e. The highest BCUT2D eigenvalue weighted by Crippen LogP contribution is 2.39. The fraction of sp³-hybridized carbons (Fsp3) is 0.455. The molecule has 2 N–H and O–H groups in total. The van der Waals surface area contributed by atoms with E-state index in [0.717, 1.165) is 4.88 Å². The molecule has 0 aromatic carbocycles. The number of carbonyl (C=O) groups excluding carboxylic acids is 1. The van der Waals surface area contributed by atoms with Gasteiger partial charge in [0, 0.05) is 4.88 Å². The highest BCUT2D eigenvalue weighted by atomic mass is 35.5. The number of carbonyl (C=O) groups is 2. The lowest BCUT2D eigenvalue weighted by atomic mass is 10.2. The van der Waals surface area contributed by atoms with Gasteiger partial charge in [0.05, 0.1) is 22.2 Å². The fourth-order valence-corrected chi connectivity index (χ4v) is 2.77. The van der Waals surface area contributed by atoms with Crippen molar-refractivity contribution in [3.63, 3.8) is 0 Å². The summed E-state index contributed by atoms with van der Waals surface area (Å²) in [6.07, 6.45) is 0.444. The van der Waals surface area contributed by atoms with Gasteiger partial charge in [0.2, 0.25) is 5.91 Å². The molecular formula is C11H12ClNO3S. The van der Waals surface area contributed by atoms with Crippen LogP contribution in [-0.4, -0.2) is 17.0 Å². The first kappa shape index (κ1) is 12.4. The molecule has 2 rings (SSSR count). The predicted octanol–water partition coefficient (Wildman–Crippen LogP) is 2.30. The Morgan fingerprint density at radius 3 is 2.71 bits per heavy atom. The van der Waals surface area contributed by atoms with Crippen molar-refractivity contribution >= 4 is 34.8 Å². The van der Waals surface area contributed by atoms with Crippen LogP contribution >= 0.6 is 22.9 Å². The van der Waals surface area contributed by atoms with Crippen molar-refractivity contribution in [3.05, 3.63) is 21.3 Å². The first-order valence-corrected chi connectivity index (χ1v) is 6.47. The van der Waals surface area contributed by atoms with Crippen molar-refractivity contribution in [3.8, 4) is 0 Å². The number of thiophene rings is 1. The molecule has 1 aliphatic carbocycles. The standard InChI is InChI=1S/C11H12ClNO3S/c1-5(8-2-3-9(12)17-8)13-10(14)6-4-7(6)11(15)16/h2-3,5-7H,4H2,1H3,(H,13,14)(H,15,16). The molecule has 17 heavy (non-hydrogen) atoms. The lowest BCUT2D eigenvalue weighted by molar-refractivity contribution is -0.140. The van der Waals surface area contributed by atoms with Crippen molar-refractivity contribution in [1.29, 1.82) is 0 Å². The monoisotopic (exact) mass is 273 g/mol. The van der Waals surface area contributed by atoms with Gasteiger partial charge in [-0.25, -0.2) is 0 Å². The Hall–Kier alpha value is -1.07. The molecule has 3 atom stereocenters. The topological polar surface area (TPSA) is 66.4 Å². The molecule has 1 amide bonds. The van der Waals surface area contributed by atoms with Crippen LogP contribution in [0.2, 0.25) is 4.34 Å². The molecule has 1 aromatic rings. The zero-order valence-electron chi connectivity index (χ0n) is 9.14. The fourth-order valence-electron chi connectivity index (χ4n) is 1.71. The van der Waals surface area contributed by atoms with E-state index in [1.807, 2.05) is 13.0 Å². The molecule has 0 spiro atoms. The minimum atomic E-state index is -0.892. The maximum absolute atomic E-state index is 11.7. The Morgan fingerprint density at radius 1 is 1.53 bits per heavy atom. The second-order valence-corrected chi connectivity index (χ2v) is 5.91. The Morgan fingerprint density at radius 2 is 2.24 bits per heavy atom. The number of aliphatic carboxylic acids is 1. The predicted molar refractivity (Wildman–Crippen MR) is 65.1 cm³/mol. The second kappa shape index (κ2) is 4.66. The van der Waals surface area contributed by atoms with E-state index in [-0.39, 0.29) is 17.9 Å². The third-order valence-corrected chi connectivity index (χ3v) is 4.24. The Bertz CT molecular complexity index is 459. The largest absolute Gasteiger partial charge is 0.481 e. The summed E-state index contributed by atoms with van der Waals surface area (Å²) in [6, 6.07) is 3.51. The van der Waals surface area contributed by atoms with E-state index < -0.39 is 11.9 Å². The van der Waals surface area contributed by atoms with Gasteiger partial charge in [0.15, 0.2) is 0 Å². The van der Waals surface area contributed by atoms with Crippen molar-refractivity contribution in [2.45, 2.75) is 19.4 Å². The van der Waals surface area contributed by atoms with Gasteiger partial charge < -0.3 is 10.4 Å². The molecule has 6 heteroatoms. The van der Waals surface area contributed by atoms with Crippen LogP contribution in [0.1, 0.15) is 24.3 Å². The first-order chi connectivity index (χ1) is 7.99. The maximum atomic E-state index is 11.7. The van der Waals surface area contributed by atoms with Gasteiger partial charge in [-0.2, -0.15) is 0 Å². The van der Waals surface area contributed by atoms with Crippen LogP contribution in [0, 0.1) is 11.8 Å². The minimum Gasteiger partial charge on any atom is -0.481 e. The number of rotatable bonds is 4. The summed E-state index contributed by atoms with van der Waals surface area (Å²) in [4.78, 5) is 23.3. The third-order valence-electron chi connectivity index (χ3n) is 2.82. The molecule has 1 heterocycles. The van der Waals surface area contributed by atoms with Gasteiger partial charge in [0.25, 0.3) is 0 Å². The van der Waals surface area contributed by atoms with Gasteiger partial charge in [-0.1, -0.05) is 11.6 Å². The van der Waals surface area contributed by atoms with Crippen LogP contribution in [0.3, 0.4) is 0 Å². The number of amides is 1. The summed E-state index contributed by atoms with van der Waals surface area (Å²) in [5.41, 5.74) is 0. The molecule has 0 radical (unpaired) electrons. The van der Waals surface area contributed by atoms with Crippen LogP contribution in [-0.2, 0) is 9.59 Å². The molecule has 1 aliphatic rings. The zero-order valence-corrected chi connectivity index (χ0v) is 10.7. The third kappa shape index (κ3) is 2.79. The molecule has 3 unspecified atom stereocenters. The van der Waals surface area contributed by atoms with Crippen LogP contribution in [0.4, 0.5) is 0 Å². The summed E-state index contributed by atoms with van der Waals surface area (Å²) in [6.45, 7) is 1.86. The van der Waals surface area contributed by atoms with E-state index >= 15 is 0 Å². The lowest BCUT2D eigenvalue weighted by Crippen LogP contribution is -2.28. The van der Waals surface area contributed by atoms with Crippen LogP contribution in [0.25, 0.3) is 0 Å². The van der Waals surface area contributed by atoms with Gasteiger partial charge >= 0.3 is 5.97 Å². The number of hydrogen-bond donors (Lipinski definition) is 2. The molecule has 92 valence electrons. The average molecular weight is 274 g/mol. The molecular weight excluding hydrogens is 262 g/mol. The van der Waals surface area contributed by atoms with Gasteiger partial charge in [-0.15, -0.1) is 11.3 Å². The zero-order chi connectivity index (χ0) is 12.6. The molecule has 4 nitrogen and oxygen atoms in total. The second-order valence-electron chi connectivity index (χ2n) is 4.16. The van der Waals surface area contributed by atoms with Crippen molar-refractivity contribution in [2.24, 2.45) is 11.8 Å². The van der Waals surface area contributed by atoms with Crippen molar-refractivity contribution in [1.82, 2.24) is 5.32 Å². The Labute approximate surface area is 108 Å². The average Bonchev–Trinajstić information content (AvgIpc) is 2.95. The van der Waals surface area contributed by atoms with Crippen molar-refractivity contribution in [2.75, 3.05) is 0 Å². The Balaban J connectivity index is 1.90. The van der Waals surface area contributed by atoms with Crippen LogP contribution < -0.4 is 5.32 Å². The molecule has 1 fully saturated rings. The van der Waals surface area contributed by atoms with Gasteiger partial charge in [-0.05, 0) is 25.5 Å². The number of halogens is 1. The summed E-state index contributed by atoms with van der Waals surface area (Å²) in [7, 11) is 0. The minimum absolute atomic E-state index is 0.130. The summed E-state index contributed by atoms with van der Waals surface area (Å²) in [5.74, 6) is -1.95. The van der Waals surface area contributed by atoms with E-state index in [9.17, 15) is 9.59 Å². The number of nitrogens with one attached hydrogen (secondary N) is 1. The lowest BCUT2D eigenvalue weighted by Gasteiger charge is -2.11. The van der Waals surface area contributed by atoms with Crippen LogP contribution in [0.15, 0.2) is 12.1 Å². The molecule has 0 saturated heterocycles. The van der Waals surface area contributed by atoms with E-state index in [4.69, 9.17) is 16.7 Å². The van der Waals surface area contributed by atoms with E-state index in [2.05, 4.69) is 5.32 Å². The quantitative estimate of drug-likeness (QED) is 0.885. The van der Waals surface area contributed by atoms with E-state index in [0.29, 0.717) is 10.8 Å². The molecule has 0 aliphatic heterocycles. The highest BCUT2D eigenvalue weighted by Gasteiger charge is 2.48. The normalized spacial score (nSPS) is 24.1. The number of hydrogen-bond acceptors (Lipinski definition) is 3. The van der Waals surface area contributed by atoms with Crippen LogP contribution in [0.5, 0.6) is 0 Å². The molecule has 1 aromatic heterocycles.